The molecule has 2 unspecified atom stereocenters. The molecule has 2 aromatic heterocycles. The van der Waals surface area contributed by atoms with Crippen LogP contribution in [0.3, 0.4) is 0 Å². The summed E-state index contributed by atoms with van der Waals surface area (Å²) in [5.74, 6) is 1.67. The van der Waals surface area contributed by atoms with Gasteiger partial charge in [-0.05, 0) is 37.3 Å². The quantitative estimate of drug-likeness (QED) is 0.789. The largest absolute Gasteiger partial charge is 0.296 e. The maximum absolute atomic E-state index is 6.23. The molecule has 0 radical (unpaired) electrons. The molecule has 0 aliphatic heterocycles. The van der Waals surface area contributed by atoms with E-state index in [0.717, 1.165) is 28.5 Å². The first-order valence-electron chi connectivity index (χ1n) is 7.23. The zero-order valence-corrected chi connectivity index (χ0v) is 13.5. The predicted molar refractivity (Wildman–Crippen MR) is 85.3 cm³/mol. The zero-order chi connectivity index (χ0) is 14.1. The second-order valence-corrected chi connectivity index (χ2v) is 7.16. The molecule has 2 atom stereocenters. The molecule has 1 aliphatic rings. The molecule has 0 saturated heterocycles. The number of fused-ring (bicyclic) bond motifs is 1. The Bertz CT molecular complexity index is 598. The predicted octanol–water partition coefficient (Wildman–Crippen LogP) is 4.36. The fourth-order valence-electron chi connectivity index (χ4n) is 3.09. The molecule has 3 nitrogen and oxygen atoms in total. The highest BCUT2D eigenvalue weighted by Crippen LogP contribution is 2.28. The first-order valence-corrected chi connectivity index (χ1v) is 8.49. The van der Waals surface area contributed by atoms with Gasteiger partial charge in [0, 0.05) is 11.4 Å². The van der Waals surface area contributed by atoms with E-state index in [0.29, 0.717) is 11.2 Å². The molecule has 0 bridgehead atoms. The van der Waals surface area contributed by atoms with E-state index in [1.807, 2.05) is 11.4 Å². The topological polar surface area (TPSA) is 29.0 Å². The summed E-state index contributed by atoms with van der Waals surface area (Å²) in [6.45, 7) is 3.13. The second-order valence-electron chi connectivity index (χ2n) is 5.91. The molecular weight excluding hydrogens is 290 g/mol. The Balaban J connectivity index is 1.75. The van der Waals surface area contributed by atoms with Crippen molar-refractivity contribution in [2.75, 3.05) is 7.05 Å². The smallest absolute Gasteiger partial charge is 0.145 e. The van der Waals surface area contributed by atoms with Gasteiger partial charge in [0.25, 0.3) is 0 Å². The van der Waals surface area contributed by atoms with Gasteiger partial charge in [0.05, 0.1) is 6.54 Å². The first kappa shape index (κ1) is 14.2. The number of aromatic nitrogens is 2. The fraction of sp³-hybridized carbons (Fsp3) is 0.600. The van der Waals surface area contributed by atoms with Crippen molar-refractivity contribution in [3.8, 4) is 0 Å². The average molecular weight is 310 g/mol. The van der Waals surface area contributed by atoms with Crippen LogP contribution < -0.4 is 0 Å². The Morgan fingerprint density at radius 3 is 3.05 bits per heavy atom. The molecule has 20 heavy (non-hydrogen) atoms. The number of thiophene rings is 1. The molecule has 1 aliphatic carbocycles. The van der Waals surface area contributed by atoms with E-state index in [4.69, 9.17) is 11.6 Å². The number of halogens is 1. The SMILES string of the molecule is CC1CCCC(N(C)Cc2nc(Cl)c3ccsc3n2)C1. The first-order chi connectivity index (χ1) is 9.63. The lowest BCUT2D eigenvalue weighted by Crippen LogP contribution is -2.35. The highest BCUT2D eigenvalue weighted by molar-refractivity contribution is 7.16. The normalized spacial score (nSPS) is 23.6. The Hall–Kier alpha value is -0.710. The third kappa shape index (κ3) is 2.97. The molecule has 1 saturated carbocycles. The standard InChI is InChI=1S/C15H20ClN3S/c1-10-4-3-5-11(8-10)19(2)9-13-17-14(16)12-6-7-20-15(12)18-13/h6-7,10-11H,3-5,8-9H2,1-2H3. The molecule has 0 N–H and O–H groups in total. The van der Waals surface area contributed by atoms with Crippen LogP contribution in [0.1, 0.15) is 38.4 Å². The van der Waals surface area contributed by atoms with Gasteiger partial charge in [0.2, 0.25) is 0 Å². The minimum absolute atomic E-state index is 0.580. The van der Waals surface area contributed by atoms with Crippen LogP contribution in [-0.2, 0) is 6.54 Å². The molecule has 3 rings (SSSR count). The molecule has 0 amide bonds. The summed E-state index contributed by atoms with van der Waals surface area (Å²) < 4.78 is 0. The Morgan fingerprint density at radius 2 is 2.25 bits per heavy atom. The van der Waals surface area contributed by atoms with Crippen LogP contribution >= 0.6 is 22.9 Å². The van der Waals surface area contributed by atoms with Crippen molar-refractivity contribution in [1.82, 2.24) is 14.9 Å². The fourth-order valence-corrected chi connectivity index (χ4v) is 4.17. The van der Waals surface area contributed by atoms with Crippen molar-refractivity contribution in [3.05, 3.63) is 22.4 Å². The molecule has 1 fully saturated rings. The minimum atomic E-state index is 0.580. The lowest BCUT2D eigenvalue weighted by molar-refractivity contribution is 0.155. The van der Waals surface area contributed by atoms with Gasteiger partial charge in [-0.3, -0.25) is 4.90 Å². The Kier molecular flexibility index (Phi) is 4.24. The monoisotopic (exact) mass is 309 g/mol. The summed E-state index contributed by atoms with van der Waals surface area (Å²) in [4.78, 5) is 12.5. The maximum atomic E-state index is 6.23. The van der Waals surface area contributed by atoms with Gasteiger partial charge in [-0.1, -0.05) is 31.4 Å². The lowest BCUT2D eigenvalue weighted by Gasteiger charge is -2.33. The highest BCUT2D eigenvalue weighted by Gasteiger charge is 2.23. The molecule has 2 heterocycles. The van der Waals surface area contributed by atoms with Crippen LogP contribution in [0.2, 0.25) is 5.15 Å². The van der Waals surface area contributed by atoms with E-state index in [9.17, 15) is 0 Å². The van der Waals surface area contributed by atoms with Gasteiger partial charge in [-0.25, -0.2) is 9.97 Å². The van der Waals surface area contributed by atoms with E-state index < -0.39 is 0 Å². The minimum Gasteiger partial charge on any atom is -0.296 e. The molecule has 2 aromatic rings. The van der Waals surface area contributed by atoms with Crippen molar-refractivity contribution >= 4 is 33.2 Å². The summed E-state index contributed by atoms with van der Waals surface area (Å²) in [7, 11) is 2.18. The van der Waals surface area contributed by atoms with Crippen molar-refractivity contribution in [2.24, 2.45) is 5.92 Å². The van der Waals surface area contributed by atoms with Crippen LogP contribution in [0.25, 0.3) is 10.2 Å². The van der Waals surface area contributed by atoms with Crippen LogP contribution in [0.4, 0.5) is 0 Å². The summed E-state index contributed by atoms with van der Waals surface area (Å²) in [5.41, 5.74) is 0. The lowest BCUT2D eigenvalue weighted by atomic mass is 9.86. The van der Waals surface area contributed by atoms with Crippen molar-refractivity contribution in [1.29, 1.82) is 0 Å². The van der Waals surface area contributed by atoms with Crippen LogP contribution in [0.15, 0.2) is 11.4 Å². The van der Waals surface area contributed by atoms with E-state index in [-0.39, 0.29) is 0 Å². The van der Waals surface area contributed by atoms with Crippen molar-refractivity contribution < 1.29 is 0 Å². The summed E-state index contributed by atoms with van der Waals surface area (Å²) >= 11 is 7.86. The van der Waals surface area contributed by atoms with Crippen LogP contribution in [-0.4, -0.2) is 28.0 Å². The van der Waals surface area contributed by atoms with E-state index >= 15 is 0 Å². The van der Waals surface area contributed by atoms with Gasteiger partial charge in [-0.2, -0.15) is 0 Å². The zero-order valence-electron chi connectivity index (χ0n) is 12.0. The summed E-state index contributed by atoms with van der Waals surface area (Å²) in [5, 5.41) is 3.56. The van der Waals surface area contributed by atoms with E-state index in [2.05, 4.69) is 28.8 Å². The van der Waals surface area contributed by atoms with Gasteiger partial charge in [-0.15, -0.1) is 11.3 Å². The average Bonchev–Trinajstić information content (AvgIpc) is 2.87. The molecule has 0 spiro atoms. The Labute approximate surface area is 129 Å². The third-order valence-electron chi connectivity index (χ3n) is 4.25. The molecular formula is C15H20ClN3S. The number of hydrogen-bond acceptors (Lipinski definition) is 4. The number of nitrogens with zero attached hydrogens (tertiary/aromatic N) is 3. The van der Waals surface area contributed by atoms with Gasteiger partial charge in [0.1, 0.15) is 15.8 Å². The van der Waals surface area contributed by atoms with Crippen LogP contribution in [0, 0.1) is 5.92 Å². The van der Waals surface area contributed by atoms with Gasteiger partial charge >= 0.3 is 0 Å². The maximum Gasteiger partial charge on any atom is 0.145 e. The Morgan fingerprint density at radius 1 is 1.40 bits per heavy atom. The van der Waals surface area contributed by atoms with Crippen molar-refractivity contribution in [2.45, 2.75) is 45.2 Å². The summed E-state index contributed by atoms with van der Waals surface area (Å²) in [6, 6.07) is 2.64. The molecule has 0 aromatic carbocycles. The van der Waals surface area contributed by atoms with E-state index in [1.54, 1.807) is 11.3 Å². The highest BCUT2D eigenvalue weighted by atomic mass is 35.5. The van der Waals surface area contributed by atoms with Gasteiger partial charge < -0.3 is 0 Å². The molecule has 108 valence electrons. The van der Waals surface area contributed by atoms with Gasteiger partial charge in [0.15, 0.2) is 0 Å². The number of rotatable bonds is 3. The number of hydrogen-bond donors (Lipinski definition) is 0. The van der Waals surface area contributed by atoms with E-state index in [1.165, 1.54) is 25.7 Å². The second kappa shape index (κ2) is 5.96. The third-order valence-corrected chi connectivity index (χ3v) is 5.34. The molecule has 5 heteroatoms. The van der Waals surface area contributed by atoms with Crippen molar-refractivity contribution in [3.63, 3.8) is 0 Å². The van der Waals surface area contributed by atoms with Crippen LogP contribution in [0.5, 0.6) is 0 Å². The summed E-state index contributed by atoms with van der Waals surface area (Å²) in [6.07, 6.45) is 5.27.